The van der Waals surface area contributed by atoms with Crippen LogP contribution < -0.4 is 0 Å². The number of amides is 1. The van der Waals surface area contributed by atoms with Crippen molar-refractivity contribution in [1.29, 1.82) is 0 Å². The number of ether oxygens (including phenoxy) is 1. The highest BCUT2D eigenvalue weighted by Crippen LogP contribution is 2.42. The summed E-state index contributed by atoms with van der Waals surface area (Å²) in [5, 5.41) is 11.2. The second kappa shape index (κ2) is 6.92. The van der Waals surface area contributed by atoms with Crippen molar-refractivity contribution in [1.82, 2.24) is 9.88 Å². The van der Waals surface area contributed by atoms with Gasteiger partial charge in [-0.05, 0) is 25.0 Å². The first-order valence-corrected chi connectivity index (χ1v) is 8.65. The first-order chi connectivity index (χ1) is 11.5. The highest BCUT2D eigenvalue weighted by Gasteiger charge is 2.32. The van der Waals surface area contributed by atoms with Crippen molar-refractivity contribution in [2.24, 2.45) is 0 Å². The van der Waals surface area contributed by atoms with Crippen LogP contribution in [0.4, 0.5) is 0 Å². The number of aliphatic hydroxyl groups excluding tert-OH is 1. The minimum Gasteiger partial charge on any atom is -0.387 e. The van der Waals surface area contributed by atoms with E-state index >= 15 is 0 Å². The highest BCUT2D eigenvalue weighted by molar-refractivity contribution is 6.45. The maximum atomic E-state index is 12.0. The van der Waals surface area contributed by atoms with E-state index in [1.807, 2.05) is 13.0 Å². The summed E-state index contributed by atoms with van der Waals surface area (Å²) in [6, 6.07) is 1.74. The topological polar surface area (TPSA) is 65.6 Å². The van der Waals surface area contributed by atoms with Crippen LogP contribution in [-0.2, 0) is 22.4 Å². The molecule has 130 valence electrons. The number of halogens is 2. The number of methoxy groups -OCH3 is 1. The van der Waals surface area contributed by atoms with Crippen molar-refractivity contribution in [3.05, 3.63) is 32.9 Å². The van der Waals surface area contributed by atoms with Gasteiger partial charge in [-0.25, -0.2) is 0 Å². The van der Waals surface area contributed by atoms with Gasteiger partial charge in [-0.2, -0.15) is 0 Å². The van der Waals surface area contributed by atoms with Gasteiger partial charge in [0.15, 0.2) is 0 Å². The number of hydrogen-bond donors (Lipinski definition) is 2. The summed E-state index contributed by atoms with van der Waals surface area (Å²) in [4.78, 5) is 17.1. The van der Waals surface area contributed by atoms with Crippen LogP contribution >= 0.6 is 23.2 Å². The van der Waals surface area contributed by atoms with Gasteiger partial charge in [-0.3, -0.25) is 4.79 Å². The molecule has 1 aromatic carbocycles. The molecule has 0 aliphatic carbocycles. The number of nitrogens with zero attached hydrogens (tertiary/aromatic N) is 1. The van der Waals surface area contributed by atoms with Gasteiger partial charge < -0.3 is 19.7 Å². The Balaban J connectivity index is 2.19. The van der Waals surface area contributed by atoms with Crippen molar-refractivity contribution in [3.8, 4) is 0 Å². The maximum Gasteiger partial charge on any atom is 0.248 e. The lowest BCUT2D eigenvalue weighted by atomic mass is 9.93. The van der Waals surface area contributed by atoms with Gasteiger partial charge >= 0.3 is 0 Å². The third-order valence-corrected chi connectivity index (χ3v) is 5.48. The number of aromatic amines is 1. The summed E-state index contributed by atoms with van der Waals surface area (Å²) in [7, 11) is 1.66. The Labute approximate surface area is 150 Å². The highest BCUT2D eigenvalue weighted by atomic mass is 35.5. The summed E-state index contributed by atoms with van der Waals surface area (Å²) in [5.41, 5.74) is 3.99. The van der Waals surface area contributed by atoms with Crippen LogP contribution in [0.2, 0.25) is 10.0 Å². The van der Waals surface area contributed by atoms with Gasteiger partial charge in [0.05, 0.1) is 28.2 Å². The van der Waals surface area contributed by atoms with Gasteiger partial charge in [0.25, 0.3) is 0 Å². The van der Waals surface area contributed by atoms with E-state index in [0.29, 0.717) is 36.0 Å². The Morgan fingerprint density at radius 2 is 2.25 bits per heavy atom. The molecule has 0 fully saturated rings. The van der Waals surface area contributed by atoms with Crippen LogP contribution in [0, 0.1) is 0 Å². The molecule has 0 radical (unpaired) electrons. The second-order valence-corrected chi connectivity index (χ2v) is 6.80. The summed E-state index contributed by atoms with van der Waals surface area (Å²) >= 11 is 12.7. The monoisotopic (exact) mass is 370 g/mol. The molecule has 1 aromatic heterocycles. The molecule has 1 atom stereocenters. The molecule has 7 heteroatoms. The molecule has 5 nitrogen and oxygen atoms in total. The van der Waals surface area contributed by atoms with Crippen molar-refractivity contribution in [2.75, 3.05) is 26.9 Å². The minimum absolute atomic E-state index is 0.138. The molecule has 2 heterocycles. The van der Waals surface area contributed by atoms with Crippen LogP contribution in [0.25, 0.3) is 10.9 Å². The van der Waals surface area contributed by atoms with Crippen molar-refractivity contribution >= 4 is 40.0 Å². The second-order valence-electron chi connectivity index (χ2n) is 6.01. The third-order valence-electron chi connectivity index (χ3n) is 4.69. The van der Waals surface area contributed by atoms with Crippen LogP contribution in [0.15, 0.2) is 6.07 Å². The Morgan fingerprint density at radius 1 is 1.50 bits per heavy atom. The maximum absolute atomic E-state index is 12.0. The molecule has 1 aliphatic rings. The molecule has 0 bridgehead atoms. The third kappa shape index (κ3) is 2.80. The zero-order valence-corrected chi connectivity index (χ0v) is 15.2. The van der Waals surface area contributed by atoms with Gasteiger partial charge in [-0.1, -0.05) is 23.2 Å². The summed E-state index contributed by atoms with van der Waals surface area (Å²) in [6.45, 7) is 2.63. The molecule has 0 saturated carbocycles. The number of nitrogens with one attached hydrogen (secondary N) is 1. The van der Waals surface area contributed by atoms with Gasteiger partial charge in [0.1, 0.15) is 6.61 Å². The summed E-state index contributed by atoms with van der Waals surface area (Å²) in [6.07, 6.45) is 1.40. The van der Waals surface area contributed by atoms with Crippen LogP contribution in [0.3, 0.4) is 0 Å². The SMILES string of the molecule is COCCc1cc(Cl)c(Cl)c2[nH]c3c(c12)[C@H](C)N(C(=O)CO)CC3. The quantitative estimate of drug-likeness (QED) is 0.868. The Morgan fingerprint density at radius 3 is 2.92 bits per heavy atom. The standard InChI is InChI=1S/C17H20Cl2N2O3/c1-9-14-12(3-5-21(9)13(23)8-22)20-17-15(14)10(4-6-24-2)7-11(18)16(17)19/h7,9,20,22H,3-6,8H2,1-2H3/t9-/m0/s1. The van der Waals surface area contributed by atoms with Gasteiger partial charge in [-0.15, -0.1) is 0 Å². The smallest absolute Gasteiger partial charge is 0.248 e. The normalized spacial score (nSPS) is 17.4. The first-order valence-electron chi connectivity index (χ1n) is 7.90. The predicted octanol–water partition coefficient (Wildman–Crippen LogP) is 3.10. The number of fused-ring (bicyclic) bond motifs is 3. The number of carbonyl (C=O) groups excluding carboxylic acids is 1. The molecule has 1 aliphatic heterocycles. The Kier molecular flexibility index (Phi) is 5.06. The zero-order valence-electron chi connectivity index (χ0n) is 13.7. The molecule has 3 rings (SSSR count). The van der Waals surface area contributed by atoms with E-state index in [2.05, 4.69) is 4.98 Å². The van der Waals surface area contributed by atoms with Gasteiger partial charge in [0, 0.05) is 36.7 Å². The molecule has 0 unspecified atom stereocenters. The number of carbonyl (C=O) groups is 1. The number of hydrogen-bond acceptors (Lipinski definition) is 3. The number of H-pyrrole nitrogens is 1. The zero-order chi connectivity index (χ0) is 17.4. The van der Waals surface area contributed by atoms with E-state index < -0.39 is 6.61 Å². The summed E-state index contributed by atoms with van der Waals surface area (Å²) in [5.74, 6) is -0.263. The Bertz CT molecular complexity index is 788. The van der Waals surface area contributed by atoms with Crippen molar-refractivity contribution in [3.63, 3.8) is 0 Å². The molecular weight excluding hydrogens is 351 g/mol. The minimum atomic E-state index is -0.481. The number of aromatic nitrogens is 1. The fourth-order valence-electron chi connectivity index (χ4n) is 3.55. The Hall–Kier alpha value is -1.27. The molecule has 0 saturated heterocycles. The lowest BCUT2D eigenvalue weighted by Crippen LogP contribution is -2.40. The van der Waals surface area contributed by atoms with E-state index in [9.17, 15) is 9.90 Å². The van der Waals surface area contributed by atoms with Crippen LogP contribution in [0.1, 0.15) is 29.8 Å². The lowest BCUT2D eigenvalue weighted by Gasteiger charge is -2.33. The van der Waals surface area contributed by atoms with E-state index in [0.717, 1.165) is 27.7 Å². The van der Waals surface area contributed by atoms with Crippen LogP contribution in [0.5, 0.6) is 0 Å². The fraction of sp³-hybridized carbons (Fsp3) is 0.471. The van der Waals surface area contributed by atoms with E-state index in [4.69, 9.17) is 27.9 Å². The van der Waals surface area contributed by atoms with Gasteiger partial charge in [0.2, 0.25) is 5.91 Å². The average molecular weight is 371 g/mol. The van der Waals surface area contributed by atoms with E-state index in [-0.39, 0.29) is 11.9 Å². The number of rotatable bonds is 4. The predicted molar refractivity (Wildman–Crippen MR) is 94.8 cm³/mol. The molecule has 2 N–H and O–H groups in total. The molecular formula is C17H20Cl2N2O3. The largest absolute Gasteiger partial charge is 0.387 e. The van der Waals surface area contributed by atoms with E-state index in [1.165, 1.54) is 0 Å². The van der Waals surface area contributed by atoms with Crippen molar-refractivity contribution in [2.45, 2.75) is 25.8 Å². The average Bonchev–Trinajstić information content (AvgIpc) is 2.97. The van der Waals surface area contributed by atoms with E-state index in [1.54, 1.807) is 12.0 Å². The fourth-order valence-corrected chi connectivity index (χ4v) is 3.98. The summed E-state index contributed by atoms with van der Waals surface area (Å²) < 4.78 is 5.21. The lowest BCUT2D eigenvalue weighted by molar-refractivity contribution is -0.136. The van der Waals surface area contributed by atoms with Crippen molar-refractivity contribution < 1.29 is 14.6 Å². The number of aliphatic hydroxyl groups is 1. The molecule has 0 spiro atoms. The van der Waals surface area contributed by atoms with Crippen LogP contribution in [-0.4, -0.2) is 47.8 Å². The molecule has 2 aromatic rings. The molecule has 1 amide bonds. The number of benzene rings is 1. The first kappa shape index (κ1) is 17.5. The molecule has 24 heavy (non-hydrogen) atoms.